The second-order valence-electron chi connectivity index (χ2n) is 5.13. The number of fused-ring (bicyclic) bond motifs is 1. The fourth-order valence-corrected chi connectivity index (χ4v) is 2.71. The average Bonchev–Trinajstić information content (AvgIpc) is 2.51. The van der Waals surface area contributed by atoms with Gasteiger partial charge in [0.2, 0.25) is 0 Å². The van der Waals surface area contributed by atoms with Crippen LogP contribution in [0.4, 0.5) is 18.9 Å². The molecule has 3 aromatic rings. The lowest BCUT2D eigenvalue weighted by Gasteiger charge is -2.15. The topological polar surface area (TPSA) is 51.5 Å². The summed E-state index contributed by atoms with van der Waals surface area (Å²) in [7, 11) is 0. The molecule has 0 radical (unpaired) electrons. The Hall–Kier alpha value is -2.48. The number of ether oxygens (including phenoxy) is 1. The highest BCUT2D eigenvalue weighted by molar-refractivity contribution is 9.10. The highest BCUT2D eigenvalue weighted by Crippen LogP contribution is 2.30. The summed E-state index contributed by atoms with van der Waals surface area (Å²) in [4.78, 5) is 11.7. The Bertz CT molecular complexity index is 969. The molecule has 0 amide bonds. The van der Waals surface area contributed by atoms with Crippen molar-refractivity contribution in [1.29, 1.82) is 0 Å². The van der Waals surface area contributed by atoms with E-state index in [4.69, 9.17) is 4.42 Å². The molecule has 3 rings (SSSR count). The second kappa shape index (κ2) is 6.79. The van der Waals surface area contributed by atoms with E-state index >= 15 is 0 Å². The fourth-order valence-electron chi connectivity index (χ4n) is 2.37. The first-order chi connectivity index (χ1) is 11.8. The third kappa shape index (κ3) is 4.33. The number of hydrogen-bond acceptors (Lipinski definition) is 4. The van der Waals surface area contributed by atoms with Crippen LogP contribution in [0.3, 0.4) is 0 Å². The monoisotopic (exact) mass is 413 g/mol. The number of anilines is 1. The Balaban J connectivity index is 1.90. The Morgan fingerprint density at radius 3 is 2.64 bits per heavy atom. The van der Waals surface area contributed by atoms with Gasteiger partial charge in [-0.2, -0.15) is 0 Å². The molecule has 0 aliphatic heterocycles. The first-order valence-corrected chi connectivity index (χ1v) is 7.92. The van der Waals surface area contributed by atoms with Gasteiger partial charge in [-0.1, -0.05) is 28.1 Å². The maximum atomic E-state index is 12.5. The zero-order valence-corrected chi connectivity index (χ0v) is 14.1. The molecular weight excluding hydrogens is 403 g/mol. The lowest BCUT2D eigenvalue weighted by Crippen LogP contribution is -2.18. The van der Waals surface area contributed by atoms with E-state index in [1.807, 2.05) is 0 Å². The highest BCUT2D eigenvalue weighted by Gasteiger charge is 2.32. The van der Waals surface area contributed by atoms with E-state index in [1.165, 1.54) is 24.3 Å². The lowest BCUT2D eigenvalue weighted by atomic mass is 10.1. The minimum absolute atomic E-state index is 0.127. The quantitative estimate of drug-likeness (QED) is 0.606. The fraction of sp³-hybridized carbons (Fsp3) is 0.118. The van der Waals surface area contributed by atoms with Gasteiger partial charge in [-0.25, -0.2) is 4.79 Å². The number of alkyl halides is 3. The van der Waals surface area contributed by atoms with Crippen molar-refractivity contribution >= 4 is 32.6 Å². The number of halogens is 4. The zero-order valence-electron chi connectivity index (χ0n) is 12.6. The molecule has 0 bridgehead atoms. The van der Waals surface area contributed by atoms with Crippen molar-refractivity contribution in [3.63, 3.8) is 0 Å². The summed E-state index contributed by atoms with van der Waals surface area (Å²) < 4.78 is 47.3. The minimum atomic E-state index is -4.79. The van der Waals surface area contributed by atoms with Gasteiger partial charge in [0.15, 0.2) is 5.75 Å². The van der Waals surface area contributed by atoms with Crippen LogP contribution in [0.25, 0.3) is 11.0 Å². The summed E-state index contributed by atoms with van der Waals surface area (Å²) in [5, 5.41) is 3.55. The Morgan fingerprint density at radius 1 is 1.12 bits per heavy atom. The van der Waals surface area contributed by atoms with Crippen LogP contribution in [0.5, 0.6) is 5.75 Å². The Kier molecular flexibility index (Phi) is 4.71. The maximum Gasteiger partial charge on any atom is 0.573 e. The number of nitrogens with one attached hydrogen (secondary N) is 1. The van der Waals surface area contributed by atoms with Crippen molar-refractivity contribution in [3.8, 4) is 5.75 Å². The number of benzene rings is 2. The van der Waals surface area contributed by atoms with Crippen molar-refractivity contribution in [1.82, 2.24) is 0 Å². The smallest absolute Gasteiger partial charge is 0.423 e. The van der Waals surface area contributed by atoms with Gasteiger partial charge in [0.1, 0.15) is 5.58 Å². The molecule has 1 heterocycles. The molecule has 25 heavy (non-hydrogen) atoms. The van der Waals surface area contributed by atoms with E-state index in [0.29, 0.717) is 16.5 Å². The van der Waals surface area contributed by atoms with Gasteiger partial charge in [-0.15, -0.1) is 13.2 Å². The number of para-hydroxylation sites is 2. The minimum Gasteiger partial charge on any atom is -0.423 e. The van der Waals surface area contributed by atoms with Crippen LogP contribution in [0.15, 0.2) is 62.2 Å². The predicted molar refractivity (Wildman–Crippen MR) is 90.6 cm³/mol. The van der Waals surface area contributed by atoms with Crippen LogP contribution >= 0.6 is 15.9 Å². The third-order valence-corrected chi connectivity index (χ3v) is 3.87. The van der Waals surface area contributed by atoms with Gasteiger partial charge in [0, 0.05) is 22.5 Å². The molecule has 2 aromatic carbocycles. The SMILES string of the molecule is O=c1cc(CNc2ccccc2OC(F)(F)F)c2ccc(Br)cc2o1. The summed E-state index contributed by atoms with van der Waals surface area (Å²) in [5.41, 5.74) is 0.611. The highest BCUT2D eigenvalue weighted by atomic mass is 79.9. The predicted octanol–water partition coefficient (Wildman–Crippen LogP) is 5.07. The molecule has 1 aromatic heterocycles. The van der Waals surface area contributed by atoms with Gasteiger partial charge in [0.25, 0.3) is 0 Å². The lowest BCUT2D eigenvalue weighted by molar-refractivity contribution is -0.274. The van der Waals surface area contributed by atoms with Gasteiger partial charge in [-0.05, 0) is 35.9 Å². The molecule has 0 aliphatic carbocycles. The van der Waals surface area contributed by atoms with E-state index in [0.717, 1.165) is 4.47 Å². The van der Waals surface area contributed by atoms with E-state index in [1.54, 1.807) is 24.3 Å². The molecule has 0 fully saturated rings. The van der Waals surface area contributed by atoms with Crippen molar-refractivity contribution in [3.05, 3.63) is 69.0 Å². The number of rotatable bonds is 4. The van der Waals surface area contributed by atoms with Crippen molar-refractivity contribution in [2.24, 2.45) is 0 Å². The van der Waals surface area contributed by atoms with Crippen molar-refractivity contribution in [2.75, 3.05) is 5.32 Å². The van der Waals surface area contributed by atoms with Gasteiger partial charge in [0.05, 0.1) is 5.69 Å². The second-order valence-corrected chi connectivity index (χ2v) is 6.04. The Labute approximate surface area is 148 Å². The van der Waals surface area contributed by atoms with Crippen molar-refractivity contribution < 1.29 is 22.3 Å². The van der Waals surface area contributed by atoms with Gasteiger partial charge >= 0.3 is 12.0 Å². The summed E-state index contributed by atoms with van der Waals surface area (Å²) in [6.45, 7) is 0.127. The van der Waals surface area contributed by atoms with E-state index in [9.17, 15) is 18.0 Å². The molecule has 0 unspecified atom stereocenters. The first-order valence-electron chi connectivity index (χ1n) is 7.13. The van der Waals surface area contributed by atoms with Crippen LogP contribution in [0.2, 0.25) is 0 Å². The van der Waals surface area contributed by atoms with Crippen LogP contribution in [0, 0.1) is 0 Å². The van der Waals surface area contributed by atoms with Crippen LogP contribution in [-0.4, -0.2) is 6.36 Å². The summed E-state index contributed by atoms with van der Waals surface area (Å²) in [6.07, 6.45) is -4.79. The van der Waals surface area contributed by atoms with E-state index in [2.05, 4.69) is 26.0 Å². The van der Waals surface area contributed by atoms with Gasteiger partial charge < -0.3 is 14.5 Å². The molecule has 0 spiro atoms. The van der Waals surface area contributed by atoms with Crippen LogP contribution in [0.1, 0.15) is 5.56 Å². The normalized spacial score (nSPS) is 11.5. The molecule has 8 heteroatoms. The zero-order chi connectivity index (χ0) is 18.0. The average molecular weight is 414 g/mol. The molecule has 0 saturated heterocycles. The van der Waals surface area contributed by atoms with Gasteiger partial charge in [-0.3, -0.25) is 0 Å². The molecular formula is C17H11BrF3NO3. The first kappa shape index (κ1) is 17.3. The number of hydrogen-bond donors (Lipinski definition) is 1. The standard InChI is InChI=1S/C17H11BrF3NO3/c18-11-5-6-12-10(7-16(23)24-15(12)8-11)9-22-13-3-1-2-4-14(13)25-17(19,20)21/h1-8,22H,9H2. The molecule has 1 N–H and O–H groups in total. The molecule has 0 aliphatic rings. The summed E-state index contributed by atoms with van der Waals surface area (Å²) in [5.74, 6) is -0.343. The molecule has 0 atom stereocenters. The maximum absolute atomic E-state index is 12.5. The largest absolute Gasteiger partial charge is 0.573 e. The molecule has 4 nitrogen and oxygen atoms in total. The van der Waals surface area contributed by atoms with Crippen LogP contribution in [-0.2, 0) is 6.54 Å². The molecule has 130 valence electrons. The molecule has 0 saturated carbocycles. The Morgan fingerprint density at radius 2 is 1.88 bits per heavy atom. The van der Waals surface area contributed by atoms with E-state index in [-0.39, 0.29) is 18.0 Å². The van der Waals surface area contributed by atoms with Crippen LogP contribution < -0.4 is 15.7 Å². The summed E-state index contributed by atoms with van der Waals surface area (Å²) >= 11 is 3.29. The summed E-state index contributed by atoms with van der Waals surface area (Å²) in [6, 6.07) is 12.2. The van der Waals surface area contributed by atoms with Crippen molar-refractivity contribution in [2.45, 2.75) is 12.9 Å². The van der Waals surface area contributed by atoms with E-state index < -0.39 is 12.0 Å². The third-order valence-electron chi connectivity index (χ3n) is 3.37.